The van der Waals surface area contributed by atoms with Crippen molar-refractivity contribution in [3.63, 3.8) is 0 Å². The number of hydrogen-bond donors (Lipinski definition) is 0. The summed E-state index contributed by atoms with van der Waals surface area (Å²) in [6, 6.07) is 18.3. The smallest absolute Gasteiger partial charge is 0.126 e. The summed E-state index contributed by atoms with van der Waals surface area (Å²) >= 11 is 0. The summed E-state index contributed by atoms with van der Waals surface area (Å²) in [4.78, 5) is 0. The van der Waals surface area contributed by atoms with Crippen molar-refractivity contribution < 1.29 is 4.74 Å². The lowest BCUT2D eigenvalue weighted by Gasteiger charge is -2.10. The summed E-state index contributed by atoms with van der Waals surface area (Å²) < 4.78 is 5.34. The Balaban J connectivity index is 0.000000136. The molecule has 0 radical (unpaired) electrons. The molecule has 0 saturated heterocycles. The van der Waals surface area contributed by atoms with Crippen molar-refractivity contribution in [2.75, 3.05) is 6.61 Å². The predicted molar refractivity (Wildman–Crippen MR) is 72.2 cm³/mol. The van der Waals surface area contributed by atoms with Gasteiger partial charge < -0.3 is 4.74 Å². The highest BCUT2D eigenvalue weighted by Gasteiger charge is 2.01. The molecule has 0 unspecified atom stereocenters. The van der Waals surface area contributed by atoms with Crippen LogP contribution in [0.15, 0.2) is 60.7 Å². The molecule has 2 aromatic carbocycles. The fourth-order valence-corrected chi connectivity index (χ4v) is 1.60. The molecule has 0 spiro atoms. The Morgan fingerprint density at radius 1 is 0.882 bits per heavy atom. The number of benzene rings is 2. The van der Waals surface area contributed by atoms with Gasteiger partial charge in [-0.05, 0) is 19.1 Å². The molecule has 0 saturated carbocycles. The fraction of sp³-hybridized carbons (Fsp3) is 0.125. The first-order valence-electron chi connectivity index (χ1n) is 5.76. The van der Waals surface area contributed by atoms with E-state index in [0.29, 0.717) is 6.61 Å². The third kappa shape index (κ3) is 3.49. The van der Waals surface area contributed by atoms with Gasteiger partial charge in [0.2, 0.25) is 0 Å². The van der Waals surface area contributed by atoms with E-state index in [-0.39, 0.29) is 0 Å². The van der Waals surface area contributed by atoms with Gasteiger partial charge in [0.1, 0.15) is 12.4 Å². The average Bonchev–Trinajstić information content (AvgIpc) is 2.41. The number of fused-ring (bicyclic) bond motifs is 1. The average molecular weight is 224 g/mol. The van der Waals surface area contributed by atoms with E-state index in [0.717, 1.165) is 5.75 Å². The van der Waals surface area contributed by atoms with E-state index >= 15 is 0 Å². The SMILES string of the molecule is C1=Cc2ccccc2OC1.Cc1ccccc1. The van der Waals surface area contributed by atoms with Crippen LogP contribution in [0, 0.1) is 6.92 Å². The zero-order valence-electron chi connectivity index (χ0n) is 9.97. The zero-order chi connectivity index (χ0) is 11.9. The molecule has 0 amide bonds. The van der Waals surface area contributed by atoms with E-state index in [4.69, 9.17) is 4.74 Å². The second-order valence-corrected chi connectivity index (χ2v) is 3.91. The largest absolute Gasteiger partial charge is 0.489 e. The maximum atomic E-state index is 5.34. The molecule has 17 heavy (non-hydrogen) atoms. The Kier molecular flexibility index (Phi) is 3.98. The first-order valence-corrected chi connectivity index (χ1v) is 5.76. The molecule has 0 aromatic heterocycles. The van der Waals surface area contributed by atoms with E-state index in [9.17, 15) is 0 Å². The minimum atomic E-state index is 0.705. The number of hydrogen-bond acceptors (Lipinski definition) is 1. The molecule has 2 aromatic rings. The fourth-order valence-electron chi connectivity index (χ4n) is 1.60. The van der Waals surface area contributed by atoms with Crippen molar-refractivity contribution >= 4 is 6.08 Å². The van der Waals surface area contributed by atoms with Crippen molar-refractivity contribution in [1.82, 2.24) is 0 Å². The van der Waals surface area contributed by atoms with Crippen LogP contribution in [0.5, 0.6) is 5.75 Å². The van der Waals surface area contributed by atoms with Crippen molar-refractivity contribution in [2.45, 2.75) is 6.92 Å². The second kappa shape index (κ2) is 5.90. The Hall–Kier alpha value is -2.02. The molecule has 1 nitrogen and oxygen atoms in total. The van der Waals surface area contributed by atoms with Gasteiger partial charge in [0.25, 0.3) is 0 Å². The molecule has 0 N–H and O–H groups in total. The van der Waals surface area contributed by atoms with Crippen molar-refractivity contribution in [1.29, 1.82) is 0 Å². The molecule has 1 aliphatic rings. The zero-order valence-corrected chi connectivity index (χ0v) is 9.97. The highest BCUT2D eigenvalue weighted by Crippen LogP contribution is 2.21. The van der Waals surface area contributed by atoms with Gasteiger partial charge >= 0.3 is 0 Å². The Labute approximate surface area is 102 Å². The first-order chi connectivity index (χ1) is 8.36. The molecule has 0 fully saturated rings. The lowest BCUT2D eigenvalue weighted by atomic mass is 10.1. The minimum absolute atomic E-state index is 0.705. The third-order valence-corrected chi connectivity index (χ3v) is 2.49. The van der Waals surface area contributed by atoms with Gasteiger partial charge in [-0.3, -0.25) is 0 Å². The maximum Gasteiger partial charge on any atom is 0.126 e. The van der Waals surface area contributed by atoms with Gasteiger partial charge in [0.15, 0.2) is 0 Å². The Morgan fingerprint density at radius 3 is 2.24 bits per heavy atom. The summed E-state index contributed by atoms with van der Waals surface area (Å²) in [6.07, 6.45) is 4.10. The molecule has 0 atom stereocenters. The molecular weight excluding hydrogens is 208 g/mol. The Morgan fingerprint density at radius 2 is 1.59 bits per heavy atom. The van der Waals surface area contributed by atoms with Gasteiger partial charge in [0, 0.05) is 5.56 Å². The van der Waals surface area contributed by atoms with E-state index in [1.165, 1.54) is 11.1 Å². The molecule has 86 valence electrons. The molecule has 0 aliphatic carbocycles. The lowest BCUT2D eigenvalue weighted by molar-refractivity contribution is 0.358. The van der Waals surface area contributed by atoms with E-state index in [2.05, 4.69) is 25.1 Å². The molecule has 1 heterocycles. The number of ether oxygens (including phenoxy) is 1. The highest BCUT2D eigenvalue weighted by molar-refractivity contribution is 5.58. The third-order valence-electron chi connectivity index (χ3n) is 2.49. The number of rotatable bonds is 0. The van der Waals surface area contributed by atoms with Crippen molar-refractivity contribution in [3.05, 3.63) is 71.8 Å². The summed E-state index contributed by atoms with van der Waals surface area (Å²) in [7, 11) is 0. The van der Waals surface area contributed by atoms with Gasteiger partial charge in [-0.25, -0.2) is 0 Å². The summed E-state index contributed by atoms with van der Waals surface area (Å²) in [6.45, 7) is 2.79. The monoisotopic (exact) mass is 224 g/mol. The van der Waals surface area contributed by atoms with Gasteiger partial charge in [0.05, 0.1) is 0 Å². The maximum absolute atomic E-state index is 5.34. The van der Waals surface area contributed by atoms with E-state index < -0.39 is 0 Å². The van der Waals surface area contributed by atoms with Crippen LogP contribution < -0.4 is 4.74 Å². The molecule has 1 heteroatoms. The molecule has 0 bridgehead atoms. The molecule has 3 rings (SSSR count). The van der Waals surface area contributed by atoms with Crippen molar-refractivity contribution in [2.24, 2.45) is 0 Å². The van der Waals surface area contributed by atoms with Crippen LogP contribution in [0.1, 0.15) is 11.1 Å². The van der Waals surface area contributed by atoms with Gasteiger partial charge in [-0.15, -0.1) is 0 Å². The van der Waals surface area contributed by atoms with Gasteiger partial charge in [-0.1, -0.05) is 60.2 Å². The number of para-hydroxylation sites is 1. The molecular formula is C16H16O. The lowest BCUT2D eigenvalue weighted by Crippen LogP contribution is -1.98. The van der Waals surface area contributed by atoms with E-state index in [1.807, 2.05) is 48.5 Å². The van der Waals surface area contributed by atoms with Crippen LogP contribution in [0.2, 0.25) is 0 Å². The van der Waals surface area contributed by atoms with Crippen LogP contribution in [0.3, 0.4) is 0 Å². The van der Waals surface area contributed by atoms with E-state index in [1.54, 1.807) is 0 Å². The second-order valence-electron chi connectivity index (χ2n) is 3.91. The standard InChI is InChI=1S/C9H8O.C7H8/c1-2-6-9-8(4-1)5-3-7-10-9;1-7-5-3-2-4-6-7/h1-6H,7H2;2-6H,1H3. The van der Waals surface area contributed by atoms with Crippen LogP contribution in [0.25, 0.3) is 6.08 Å². The Bertz CT molecular complexity index is 486. The van der Waals surface area contributed by atoms with Crippen LogP contribution >= 0.6 is 0 Å². The number of aryl methyl sites for hydroxylation is 1. The quantitative estimate of drug-likeness (QED) is 0.655. The van der Waals surface area contributed by atoms with Crippen molar-refractivity contribution in [3.8, 4) is 5.75 Å². The first kappa shape index (κ1) is 11.5. The van der Waals surface area contributed by atoms with Gasteiger partial charge in [-0.2, -0.15) is 0 Å². The van der Waals surface area contributed by atoms with Crippen LogP contribution in [-0.2, 0) is 0 Å². The molecule has 1 aliphatic heterocycles. The minimum Gasteiger partial charge on any atom is -0.489 e. The summed E-state index contributed by atoms with van der Waals surface area (Å²) in [5.74, 6) is 0.991. The normalized spacial score (nSPS) is 11.8. The highest BCUT2D eigenvalue weighted by atomic mass is 16.5. The predicted octanol–water partition coefficient (Wildman–Crippen LogP) is 4.09. The summed E-state index contributed by atoms with van der Waals surface area (Å²) in [5, 5.41) is 0. The topological polar surface area (TPSA) is 9.23 Å². The van der Waals surface area contributed by atoms with Crippen LogP contribution in [-0.4, -0.2) is 6.61 Å². The van der Waals surface area contributed by atoms with Crippen LogP contribution in [0.4, 0.5) is 0 Å². The summed E-state index contributed by atoms with van der Waals surface area (Å²) in [5.41, 5.74) is 2.50.